The molecule has 0 spiro atoms. The van der Waals surface area contributed by atoms with Crippen LogP contribution < -0.4 is 0 Å². The molecule has 0 N–H and O–H groups in total. The molecule has 0 atom stereocenters. The van der Waals surface area contributed by atoms with Crippen molar-refractivity contribution in [1.29, 1.82) is 0 Å². The highest BCUT2D eigenvalue weighted by Crippen LogP contribution is 2.48. The van der Waals surface area contributed by atoms with Crippen molar-refractivity contribution in [3.63, 3.8) is 0 Å². The summed E-state index contributed by atoms with van der Waals surface area (Å²) in [5.74, 6) is 1.66. The molecule has 2 aromatic carbocycles. The summed E-state index contributed by atoms with van der Waals surface area (Å²) >= 11 is 0. The molecule has 5 rings (SSSR count). The van der Waals surface area contributed by atoms with Crippen molar-refractivity contribution in [2.24, 2.45) is 0 Å². The van der Waals surface area contributed by atoms with Crippen LogP contribution in [0.3, 0.4) is 0 Å². The van der Waals surface area contributed by atoms with Gasteiger partial charge in [-0.1, -0.05) is 74.9 Å². The minimum Gasteiger partial charge on any atom is -0.0619 e. The zero-order valence-electron chi connectivity index (χ0n) is 15.4. The molecule has 3 aliphatic rings. The molecule has 0 nitrogen and oxygen atoms in total. The molecule has 2 saturated carbocycles. The van der Waals surface area contributed by atoms with Crippen molar-refractivity contribution in [1.82, 2.24) is 0 Å². The van der Waals surface area contributed by atoms with E-state index in [1.54, 1.807) is 27.8 Å². The Morgan fingerprint density at radius 1 is 0.600 bits per heavy atom. The van der Waals surface area contributed by atoms with Gasteiger partial charge in [-0.15, -0.1) is 0 Å². The van der Waals surface area contributed by atoms with Gasteiger partial charge in [-0.2, -0.15) is 0 Å². The van der Waals surface area contributed by atoms with Gasteiger partial charge in [0.2, 0.25) is 0 Å². The molecule has 130 valence electrons. The zero-order valence-corrected chi connectivity index (χ0v) is 15.4. The van der Waals surface area contributed by atoms with Gasteiger partial charge in [0.15, 0.2) is 0 Å². The number of fused-ring (bicyclic) bond motifs is 3. The highest BCUT2D eigenvalue weighted by atomic mass is 14.3. The first-order valence-corrected chi connectivity index (χ1v) is 10.7. The van der Waals surface area contributed by atoms with Crippen LogP contribution in [0.25, 0.3) is 11.1 Å². The molecule has 0 saturated heterocycles. The van der Waals surface area contributed by atoms with Crippen LogP contribution in [0.15, 0.2) is 36.4 Å². The highest BCUT2D eigenvalue weighted by Gasteiger charge is 2.30. The van der Waals surface area contributed by atoms with E-state index in [1.165, 1.54) is 76.2 Å². The molecule has 0 heteroatoms. The van der Waals surface area contributed by atoms with Gasteiger partial charge in [-0.3, -0.25) is 0 Å². The molecule has 0 aliphatic heterocycles. The van der Waals surface area contributed by atoms with Gasteiger partial charge in [0.1, 0.15) is 0 Å². The molecule has 0 bridgehead atoms. The fraction of sp³-hybridized carbons (Fsp3) is 0.520. The molecule has 25 heavy (non-hydrogen) atoms. The first-order valence-electron chi connectivity index (χ1n) is 10.7. The summed E-state index contributed by atoms with van der Waals surface area (Å²) in [7, 11) is 0. The van der Waals surface area contributed by atoms with Crippen molar-refractivity contribution in [3.8, 4) is 11.1 Å². The lowest BCUT2D eigenvalue weighted by atomic mass is 9.73. The van der Waals surface area contributed by atoms with Gasteiger partial charge >= 0.3 is 0 Å². The summed E-state index contributed by atoms with van der Waals surface area (Å²) in [4.78, 5) is 0. The van der Waals surface area contributed by atoms with Crippen LogP contribution in [-0.4, -0.2) is 0 Å². The third-order valence-electron chi connectivity index (χ3n) is 7.12. The van der Waals surface area contributed by atoms with Gasteiger partial charge in [0.05, 0.1) is 0 Å². The normalized spacial score (nSPS) is 21.1. The summed E-state index contributed by atoms with van der Waals surface area (Å²) in [6.07, 6.45) is 15.5. The Balaban J connectivity index is 1.63. The fourth-order valence-corrected chi connectivity index (χ4v) is 5.90. The van der Waals surface area contributed by atoms with E-state index in [2.05, 4.69) is 36.4 Å². The van der Waals surface area contributed by atoms with Gasteiger partial charge in [0.25, 0.3) is 0 Å². The van der Waals surface area contributed by atoms with E-state index in [9.17, 15) is 0 Å². The maximum absolute atomic E-state index is 2.54. The lowest BCUT2D eigenvalue weighted by Gasteiger charge is -2.31. The third-order valence-corrected chi connectivity index (χ3v) is 7.12. The molecule has 0 radical (unpaired) electrons. The van der Waals surface area contributed by atoms with Crippen molar-refractivity contribution < 1.29 is 0 Å². The van der Waals surface area contributed by atoms with Gasteiger partial charge in [-0.25, -0.2) is 0 Å². The second-order valence-electron chi connectivity index (χ2n) is 8.60. The van der Waals surface area contributed by atoms with Gasteiger partial charge < -0.3 is 0 Å². The summed E-state index contributed by atoms with van der Waals surface area (Å²) < 4.78 is 0. The maximum Gasteiger partial charge on any atom is -0.00105 e. The quantitative estimate of drug-likeness (QED) is 0.460. The molecule has 0 aromatic heterocycles. The van der Waals surface area contributed by atoms with E-state index >= 15 is 0 Å². The van der Waals surface area contributed by atoms with E-state index in [0.29, 0.717) is 0 Å². The monoisotopic (exact) mass is 330 g/mol. The van der Waals surface area contributed by atoms with E-state index < -0.39 is 0 Å². The standard InChI is InChI=1S/C25H30/c1-3-9-18(10-4-1)22-15-16-23-21-14-8-7-13-20(21)17-24(23)25(22)19-11-5-2-6-12-19/h7-8,13-16,18-19H,1-6,9-12,17H2. The second kappa shape index (κ2) is 6.63. The van der Waals surface area contributed by atoms with Crippen molar-refractivity contribution in [2.45, 2.75) is 82.5 Å². The van der Waals surface area contributed by atoms with Crippen LogP contribution in [0, 0.1) is 0 Å². The molecule has 0 heterocycles. The predicted molar refractivity (Wildman–Crippen MR) is 106 cm³/mol. The molecular formula is C25H30. The van der Waals surface area contributed by atoms with Gasteiger partial charge in [-0.05, 0) is 77.3 Å². The lowest BCUT2D eigenvalue weighted by Crippen LogP contribution is -2.14. The van der Waals surface area contributed by atoms with E-state index in [4.69, 9.17) is 0 Å². The van der Waals surface area contributed by atoms with E-state index in [-0.39, 0.29) is 0 Å². The van der Waals surface area contributed by atoms with E-state index in [1.807, 2.05) is 0 Å². The predicted octanol–water partition coefficient (Wildman–Crippen LogP) is 7.35. The summed E-state index contributed by atoms with van der Waals surface area (Å²) in [5, 5.41) is 0. The summed E-state index contributed by atoms with van der Waals surface area (Å²) in [6.45, 7) is 0. The lowest BCUT2D eigenvalue weighted by molar-refractivity contribution is 0.417. The Morgan fingerprint density at radius 3 is 2.04 bits per heavy atom. The first kappa shape index (κ1) is 15.7. The minimum absolute atomic E-state index is 0.829. The number of hydrogen-bond acceptors (Lipinski definition) is 0. The largest absolute Gasteiger partial charge is 0.0619 e. The van der Waals surface area contributed by atoms with Gasteiger partial charge in [0, 0.05) is 0 Å². The second-order valence-corrected chi connectivity index (χ2v) is 8.60. The number of benzene rings is 2. The average molecular weight is 331 g/mol. The summed E-state index contributed by atoms with van der Waals surface area (Å²) in [5.41, 5.74) is 9.87. The fourth-order valence-electron chi connectivity index (χ4n) is 5.90. The Hall–Kier alpha value is -1.56. The van der Waals surface area contributed by atoms with Crippen LogP contribution in [0.1, 0.15) is 98.3 Å². The third kappa shape index (κ3) is 2.75. The summed E-state index contributed by atoms with van der Waals surface area (Å²) in [6, 6.07) is 14.1. The minimum atomic E-state index is 0.829. The Morgan fingerprint density at radius 2 is 1.28 bits per heavy atom. The van der Waals surface area contributed by atoms with Crippen molar-refractivity contribution in [2.75, 3.05) is 0 Å². The average Bonchev–Trinajstić information content (AvgIpc) is 3.07. The number of rotatable bonds is 2. The topological polar surface area (TPSA) is 0 Å². The Labute approximate surface area is 152 Å². The molecule has 0 amide bonds. The Bertz CT molecular complexity index is 758. The van der Waals surface area contributed by atoms with Crippen LogP contribution in [0.2, 0.25) is 0 Å². The van der Waals surface area contributed by atoms with Crippen molar-refractivity contribution in [3.05, 3.63) is 58.7 Å². The molecule has 0 unspecified atom stereocenters. The molecule has 2 aromatic rings. The molecular weight excluding hydrogens is 300 g/mol. The van der Waals surface area contributed by atoms with Crippen LogP contribution >= 0.6 is 0 Å². The van der Waals surface area contributed by atoms with E-state index in [0.717, 1.165) is 11.8 Å². The SMILES string of the molecule is c1ccc2c(c1)Cc1c-2ccc(C2CCCCC2)c1C1CCCCC1. The molecule has 3 aliphatic carbocycles. The molecule has 2 fully saturated rings. The number of hydrogen-bond donors (Lipinski definition) is 0. The van der Waals surface area contributed by atoms with Crippen LogP contribution in [-0.2, 0) is 6.42 Å². The van der Waals surface area contributed by atoms with Crippen LogP contribution in [0.4, 0.5) is 0 Å². The highest BCUT2D eigenvalue weighted by molar-refractivity contribution is 5.79. The smallest absolute Gasteiger partial charge is 0.00105 e. The zero-order chi connectivity index (χ0) is 16.6. The first-order chi connectivity index (χ1) is 12.4. The van der Waals surface area contributed by atoms with Crippen molar-refractivity contribution >= 4 is 0 Å². The van der Waals surface area contributed by atoms with Crippen LogP contribution in [0.5, 0.6) is 0 Å². The maximum atomic E-state index is 2.54. The Kier molecular flexibility index (Phi) is 4.16.